The molecule has 7 heteroatoms. The average Bonchev–Trinajstić information content (AvgIpc) is 2.63. The van der Waals surface area contributed by atoms with Gasteiger partial charge in [0.25, 0.3) is 0 Å². The number of nitrogens with zero attached hydrogens (tertiary/aromatic N) is 2. The van der Waals surface area contributed by atoms with Gasteiger partial charge in [-0.25, -0.2) is 19.4 Å². The van der Waals surface area contributed by atoms with Crippen molar-refractivity contribution in [1.82, 2.24) is 10.2 Å². The van der Waals surface area contributed by atoms with Crippen molar-refractivity contribution in [1.29, 1.82) is 0 Å². The van der Waals surface area contributed by atoms with Crippen LogP contribution in [0.25, 0.3) is 0 Å². The van der Waals surface area contributed by atoms with Crippen LogP contribution in [-0.2, 0) is 16.1 Å². The molecule has 3 atom stereocenters. The highest BCUT2D eigenvalue weighted by Gasteiger charge is 2.42. The summed E-state index contributed by atoms with van der Waals surface area (Å²) in [4.78, 5) is 40.5. The molecule has 0 radical (unpaired) electrons. The lowest BCUT2D eigenvalue weighted by molar-refractivity contribution is -0.141. The highest BCUT2D eigenvalue weighted by Crippen LogP contribution is 2.46. The monoisotopic (exact) mass is 401 g/mol. The van der Waals surface area contributed by atoms with Gasteiger partial charge in [-0.1, -0.05) is 51.1 Å². The Kier molecular flexibility index (Phi) is 7.20. The van der Waals surface area contributed by atoms with Crippen LogP contribution in [0.3, 0.4) is 0 Å². The topological polar surface area (TPSA) is 99.1 Å². The van der Waals surface area contributed by atoms with Gasteiger partial charge in [0.05, 0.1) is 6.04 Å². The van der Waals surface area contributed by atoms with Crippen molar-refractivity contribution in [2.45, 2.75) is 65.6 Å². The summed E-state index contributed by atoms with van der Waals surface area (Å²) < 4.78 is 0. The van der Waals surface area contributed by atoms with Crippen molar-refractivity contribution in [2.24, 2.45) is 15.8 Å². The minimum absolute atomic E-state index is 0.0131. The third-order valence-corrected chi connectivity index (χ3v) is 5.61. The normalized spacial score (nSPS) is 24.1. The maximum Gasteiger partial charge on any atom is 0.326 e. The molecule has 2 amide bonds. The first-order valence-corrected chi connectivity index (χ1v) is 9.93. The van der Waals surface area contributed by atoms with Gasteiger partial charge in [-0.05, 0) is 42.6 Å². The summed E-state index contributed by atoms with van der Waals surface area (Å²) in [5, 5.41) is 12.4. The molecule has 1 aromatic rings. The van der Waals surface area contributed by atoms with E-state index in [-0.39, 0.29) is 23.4 Å². The van der Waals surface area contributed by atoms with Crippen LogP contribution >= 0.6 is 0 Å². The SMILES string of the molecule is CC(C(=O)O)N(Cc1ccccc1)C(=O)NCC1(C)CC(N=C=O)CC(C)(C)C1. The third kappa shape index (κ3) is 6.43. The molecule has 1 aliphatic rings. The van der Waals surface area contributed by atoms with Crippen LogP contribution in [0.1, 0.15) is 52.5 Å². The fourth-order valence-electron chi connectivity index (χ4n) is 4.57. The smallest absolute Gasteiger partial charge is 0.326 e. The molecule has 7 nitrogen and oxygen atoms in total. The standard InChI is InChI=1S/C22H31N3O4/c1-16(19(27)28)25(12-17-8-6-5-7-9-17)20(29)23-14-22(4)11-18(24-15-26)10-21(2,3)13-22/h5-9,16,18H,10-14H2,1-4H3,(H,23,29)(H,27,28). The molecule has 0 aliphatic heterocycles. The molecule has 1 saturated carbocycles. The van der Waals surface area contributed by atoms with Crippen molar-refractivity contribution >= 4 is 18.1 Å². The van der Waals surface area contributed by atoms with Gasteiger partial charge in [0.1, 0.15) is 6.04 Å². The van der Waals surface area contributed by atoms with Crippen LogP contribution in [0.15, 0.2) is 35.3 Å². The van der Waals surface area contributed by atoms with Gasteiger partial charge < -0.3 is 15.3 Å². The van der Waals surface area contributed by atoms with Crippen LogP contribution in [0, 0.1) is 10.8 Å². The van der Waals surface area contributed by atoms with E-state index in [4.69, 9.17) is 0 Å². The van der Waals surface area contributed by atoms with Crippen LogP contribution in [-0.4, -0.2) is 46.7 Å². The number of benzene rings is 1. The number of amides is 2. The van der Waals surface area contributed by atoms with Crippen molar-refractivity contribution in [2.75, 3.05) is 6.54 Å². The van der Waals surface area contributed by atoms with Gasteiger partial charge in [-0.3, -0.25) is 0 Å². The van der Waals surface area contributed by atoms with Gasteiger partial charge in [-0.15, -0.1) is 0 Å². The summed E-state index contributed by atoms with van der Waals surface area (Å²) in [7, 11) is 0. The first-order valence-electron chi connectivity index (χ1n) is 9.93. The Morgan fingerprint density at radius 1 is 1.28 bits per heavy atom. The zero-order chi connectivity index (χ0) is 21.7. The quantitative estimate of drug-likeness (QED) is 0.539. The number of hydrogen-bond acceptors (Lipinski definition) is 4. The van der Waals surface area contributed by atoms with Gasteiger partial charge in [-0.2, -0.15) is 0 Å². The number of carboxylic acids is 1. The first-order chi connectivity index (χ1) is 13.6. The summed E-state index contributed by atoms with van der Waals surface area (Å²) in [6.45, 7) is 8.44. The molecular formula is C22H31N3O4. The number of carbonyl (C=O) groups is 2. The zero-order valence-electron chi connectivity index (χ0n) is 17.6. The van der Waals surface area contributed by atoms with Crippen molar-refractivity contribution in [3.05, 3.63) is 35.9 Å². The molecule has 0 heterocycles. The molecule has 1 aromatic carbocycles. The van der Waals surface area contributed by atoms with E-state index < -0.39 is 18.0 Å². The minimum Gasteiger partial charge on any atom is -0.480 e. The fourth-order valence-corrected chi connectivity index (χ4v) is 4.57. The van der Waals surface area contributed by atoms with E-state index in [1.165, 1.54) is 11.8 Å². The molecule has 1 aliphatic carbocycles. The highest BCUT2D eigenvalue weighted by molar-refractivity contribution is 5.82. The molecule has 0 spiro atoms. The number of hydrogen-bond donors (Lipinski definition) is 2. The lowest BCUT2D eigenvalue weighted by Crippen LogP contribution is -2.51. The maximum atomic E-state index is 12.9. The van der Waals surface area contributed by atoms with E-state index in [9.17, 15) is 19.5 Å². The second kappa shape index (κ2) is 9.23. The maximum absolute atomic E-state index is 12.9. The number of rotatable bonds is 7. The van der Waals surface area contributed by atoms with Crippen LogP contribution in [0.4, 0.5) is 4.79 Å². The number of urea groups is 1. The summed E-state index contributed by atoms with van der Waals surface area (Å²) in [5.41, 5.74) is 0.606. The molecule has 1 fully saturated rings. The number of nitrogens with one attached hydrogen (secondary N) is 1. The van der Waals surface area contributed by atoms with Crippen molar-refractivity contribution in [3.8, 4) is 0 Å². The predicted octanol–water partition coefficient (Wildman–Crippen LogP) is 3.59. The van der Waals surface area contributed by atoms with Crippen LogP contribution in [0.2, 0.25) is 0 Å². The Morgan fingerprint density at radius 3 is 2.52 bits per heavy atom. The lowest BCUT2D eigenvalue weighted by Gasteiger charge is -2.45. The fraction of sp³-hybridized carbons (Fsp3) is 0.591. The molecule has 0 aromatic heterocycles. The van der Waals surface area contributed by atoms with E-state index in [0.717, 1.165) is 18.4 Å². The molecular weight excluding hydrogens is 370 g/mol. The van der Waals surface area contributed by atoms with Gasteiger partial charge in [0.2, 0.25) is 6.08 Å². The average molecular weight is 402 g/mol. The summed E-state index contributed by atoms with van der Waals surface area (Å²) in [5.74, 6) is -1.05. The first kappa shape index (κ1) is 22.6. The zero-order valence-corrected chi connectivity index (χ0v) is 17.6. The summed E-state index contributed by atoms with van der Waals surface area (Å²) >= 11 is 0. The third-order valence-electron chi connectivity index (χ3n) is 5.61. The van der Waals surface area contributed by atoms with Gasteiger partial charge in [0, 0.05) is 13.1 Å². The number of aliphatic imine (C=N–C) groups is 1. The molecule has 2 rings (SSSR count). The molecule has 3 unspecified atom stereocenters. The summed E-state index contributed by atoms with van der Waals surface area (Å²) in [6, 6.07) is 7.83. The second-order valence-corrected chi connectivity index (χ2v) is 9.22. The Morgan fingerprint density at radius 2 is 1.93 bits per heavy atom. The number of carbonyl (C=O) groups excluding carboxylic acids is 2. The largest absolute Gasteiger partial charge is 0.480 e. The minimum atomic E-state index is -1.05. The molecule has 2 N–H and O–H groups in total. The van der Waals surface area contributed by atoms with Crippen molar-refractivity contribution in [3.63, 3.8) is 0 Å². The molecule has 158 valence electrons. The van der Waals surface area contributed by atoms with E-state index in [0.29, 0.717) is 13.0 Å². The van der Waals surface area contributed by atoms with Crippen LogP contribution in [0.5, 0.6) is 0 Å². The Balaban J connectivity index is 2.11. The summed E-state index contributed by atoms with van der Waals surface area (Å²) in [6.07, 6.45) is 4.03. The molecule has 0 bridgehead atoms. The van der Waals surface area contributed by atoms with E-state index in [1.807, 2.05) is 30.3 Å². The number of carboxylic acid groups (broad SMARTS) is 1. The number of isocyanates is 1. The molecule has 0 saturated heterocycles. The molecule has 29 heavy (non-hydrogen) atoms. The van der Waals surface area contributed by atoms with E-state index in [1.54, 1.807) is 6.08 Å². The Labute approximate surface area is 172 Å². The van der Waals surface area contributed by atoms with Gasteiger partial charge >= 0.3 is 12.0 Å². The van der Waals surface area contributed by atoms with E-state index >= 15 is 0 Å². The predicted molar refractivity (Wildman–Crippen MR) is 110 cm³/mol. The Bertz CT molecular complexity index is 774. The van der Waals surface area contributed by atoms with E-state index in [2.05, 4.69) is 31.1 Å². The van der Waals surface area contributed by atoms with Crippen molar-refractivity contribution < 1.29 is 19.5 Å². The highest BCUT2D eigenvalue weighted by atomic mass is 16.4. The second-order valence-electron chi connectivity index (χ2n) is 9.22. The lowest BCUT2D eigenvalue weighted by atomic mass is 9.63. The van der Waals surface area contributed by atoms with Gasteiger partial charge in [0.15, 0.2) is 0 Å². The Hall–Kier alpha value is -2.66. The van der Waals surface area contributed by atoms with Crippen LogP contribution < -0.4 is 5.32 Å². The number of aliphatic carboxylic acids is 1.